The molecule has 0 fully saturated rings. The molecule has 0 N–H and O–H groups in total. The van der Waals surface area contributed by atoms with Crippen molar-refractivity contribution in [3.63, 3.8) is 0 Å². The second-order valence-electron chi connectivity index (χ2n) is 3.33. The Labute approximate surface area is 103 Å². The van der Waals surface area contributed by atoms with E-state index in [-0.39, 0.29) is 11.2 Å². The van der Waals surface area contributed by atoms with Crippen molar-refractivity contribution in [1.82, 2.24) is 0 Å². The summed E-state index contributed by atoms with van der Waals surface area (Å²) in [5.41, 5.74) is 0.686. The van der Waals surface area contributed by atoms with E-state index in [0.29, 0.717) is 25.0 Å². The molecule has 1 atom stereocenters. The molecule has 15 heavy (non-hydrogen) atoms. The van der Waals surface area contributed by atoms with Gasteiger partial charge in [-0.15, -0.1) is 11.6 Å². The zero-order valence-corrected chi connectivity index (χ0v) is 10.8. The van der Waals surface area contributed by atoms with Gasteiger partial charge in [-0.3, -0.25) is 0 Å². The normalized spacial score (nSPS) is 12.8. The van der Waals surface area contributed by atoms with E-state index in [2.05, 4.69) is 15.9 Å². The van der Waals surface area contributed by atoms with Crippen LogP contribution in [0.3, 0.4) is 0 Å². The van der Waals surface area contributed by atoms with Crippen molar-refractivity contribution in [2.75, 3.05) is 13.7 Å². The van der Waals surface area contributed by atoms with Gasteiger partial charge in [0.05, 0.1) is 12.0 Å². The molecule has 0 saturated carbocycles. The van der Waals surface area contributed by atoms with Crippen molar-refractivity contribution in [3.8, 4) is 0 Å². The molecule has 1 rings (SSSR count). The molecular weight excluding hydrogens is 282 g/mol. The van der Waals surface area contributed by atoms with Crippen molar-refractivity contribution < 1.29 is 9.13 Å². The highest BCUT2D eigenvalue weighted by atomic mass is 79.9. The molecule has 1 aromatic carbocycles. The van der Waals surface area contributed by atoms with Crippen LogP contribution in [0.1, 0.15) is 12.0 Å². The predicted octanol–water partition coefficient (Wildman–Crippen LogP) is 3.77. The average Bonchev–Trinajstić information content (AvgIpc) is 2.20. The van der Waals surface area contributed by atoms with Crippen LogP contribution >= 0.6 is 27.5 Å². The minimum absolute atomic E-state index is 0.0617. The molecule has 4 heteroatoms. The van der Waals surface area contributed by atoms with E-state index < -0.39 is 0 Å². The molecule has 0 radical (unpaired) electrons. The predicted molar refractivity (Wildman–Crippen MR) is 63.9 cm³/mol. The third-order valence-corrected chi connectivity index (χ3v) is 2.92. The number of rotatable bonds is 5. The molecule has 0 amide bonds. The highest BCUT2D eigenvalue weighted by molar-refractivity contribution is 9.10. The maximum Gasteiger partial charge on any atom is 0.126 e. The Morgan fingerprint density at radius 2 is 2.27 bits per heavy atom. The molecule has 84 valence electrons. The fourth-order valence-electron chi connectivity index (χ4n) is 1.31. The average molecular weight is 296 g/mol. The van der Waals surface area contributed by atoms with E-state index in [1.54, 1.807) is 19.2 Å². The zero-order chi connectivity index (χ0) is 11.3. The van der Waals surface area contributed by atoms with Gasteiger partial charge in [0.15, 0.2) is 0 Å². The summed E-state index contributed by atoms with van der Waals surface area (Å²) in [6.07, 6.45) is 1.34. The van der Waals surface area contributed by atoms with Crippen LogP contribution in [0.4, 0.5) is 4.39 Å². The van der Waals surface area contributed by atoms with Crippen LogP contribution < -0.4 is 0 Å². The fourth-order valence-corrected chi connectivity index (χ4v) is 1.95. The molecular formula is C11H13BrClFO. The lowest BCUT2D eigenvalue weighted by Crippen LogP contribution is -2.08. The quantitative estimate of drug-likeness (QED) is 0.751. The lowest BCUT2D eigenvalue weighted by atomic mass is 10.1. The van der Waals surface area contributed by atoms with Crippen LogP contribution in [0.5, 0.6) is 0 Å². The Kier molecular flexibility index (Phi) is 5.58. The Balaban J connectivity index is 2.53. The second kappa shape index (κ2) is 6.46. The molecule has 0 aliphatic carbocycles. The van der Waals surface area contributed by atoms with Crippen LogP contribution in [0, 0.1) is 5.82 Å². The molecule has 0 saturated heterocycles. The summed E-state index contributed by atoms with van der Waals surface area (Å²) in [5, 5.41) is -0.0617. The van der Waals surface area contributed by atoms with Gasteiger partial charge in [0.2, 0.25) is 0 Å². The van der Waals surface area contributed by atoms with Gasteiger partial charge in [0, 0.05) is 11.6 Å². The smallest absolute Gasteiger partial charge is 0.126 e. The SMILES string of the molecule is COCC(Cl)CCc1cc(Br)ccc1F. The lowest BCUT2D eigenvalue weighted by Gasteiger charge is -2.08. The monoisotopic (exact) mass is 294 g/mol. The van der Waals surface area contributed by atoms with Crippen molar-refractivity contribution in [2.24, 2.45) is 0 Å². The van der Waals surface area contributed by atoms with Crippen molar-refractivity contribution in [1.29, 1.82) is 0 Å². The summed E-state index contributed by atoms with van der Waals surface area (Å²) in [4.78, 5) is 0. The van der Waals surface area contributed by atoms with E-state index in [1.807, 2.05) is 0 Å². The van der Waals surface area contributed by atoms with Crippen LogP contribution in [0.2, 0.25) is 0 Å². The number of benzene rings is 1. The third-order valence-electron chi connectivity index (χ3n) is 2.08. The summed E-state index contributed by atoms with van der Waals surface area (Å²) in [6.45, 7) is 0.497. The minimum Gasteiger partial charge on any atom is -0.383 e. The summed E-state index contributed by atoms with van der Waals surface area (Å²) >= 11 is 9.27. The first kappa shape index (κ1) is 12.9. The van der Waals surface area contributed by atoms with Gasteiger partial charge in [-0.2, -0.15) is 0 Å². The third kappa shape index (κ3) is 4.49. The van der Waals surface area contributed by atoms with Gasteiger partial charge < -0.3 is 4.74 Å². The molecule has 1 nitrogen and oxygen atoms in total. The van der Waals surface area contributed by atoms with Gasteiger partial charge in [-0.05, 0) is 36.6 Å². The van der Waals surface area contributed by atoms with Gasteiger partial charge >= 0.3 is 0 Å². The first-order valence-electron chi connectivity index (χ1n) is 4.70. The lowest BCUT2D eigenvalue weighted by molar-refractivity contribution is 0.195. The highest BCUT2D eigenvalue weighted by Crippen LogP contribution is 2.18. The number of hydrogen-bond donors (Lipinski definition) is 0. The van der Waals surface area contributed by atoms with Crippen LogP contribution in [-0.4, -0.2) is 19.1 Å². The number of hydrogen-bond acceptors (Lipinski definition) is 1. The highest BCUT2D eigenvalue weighted by Gasteiger charge is 2.07. The zero-order valence-electron chi connectivity index (χ0n) is 8.47. The Morgan fingerprint density at radius 1 is 1.53 bits per heavy atom. The number of methoxy groups -OCH3 is 1. The summed E-state index contributed by atoms with van der Waals surface area (Å²) in [6, 6.07) is 4.93. The molecule has 0 aliphatic rings. The summed E-state index contributed by atoms with van der Waals surface area (Å²) in [7, 11) is 1.61. The molecule has 0 aromatic heterocycles. The summed E-state index contributed by atoms with van der Waals surface area (Å²) < 4.78 is 19.1. The van der Waals surface area contributed by atoms with E-state index in [4.69, 9.17) is 16.3 Å². The number of aryl methyl sites for hydroxylation is 1. The largest absolute Gasteiger partial charge is 0.383 e. The van der Waals surface area contributed by atoms with E-state index in [0.717, 1.165) is 4.47 Å². The molecule has 0 bridgehead atoms. The van der Waals surface area contributed by atoms with E-state index in [9.17, 15) is 4.39 Å². The minimum atomic E-state index is -0.181. The molecule has 0 spiro atoms. The maximum atomic E-state index is 13.3. The van der Waals surface area contributed by atoms with Crippen LogP contribution in [-0.2, 0) is 11.2 Å². The standard InChI is InChI=1S/C11H13BrClFO/c1-15-7-10(13)4-2-8-6-9(12)3-5-11(8)14/h3,5-6,10H,2,4,7H2,1H3. The molecule has 0 heterocycles. The van der Waals surface area contributed by atoms with Gasteiger partial charge in [-0.1, -0.05) is 15.9 Å². The fraction of sp³-hybridized carbons (Fsp3) is 0.455. The molecule has 1 aromatic rings. The Bertz CT molecular complexity index is 319. The van der Waals surface area contributed by atoms with E-state index in [1.165, 1.54) is 6.07 Å². The number of ether oxygens (including phenoxy) is 1. The first-order valence-corrected chi connectivity index (χ1v) is 5.93. The topological polar surface area (TPSA) is 9.23 Å². The van der Waals surface area contributed by atoms with E-state index >= 15 is 0 Å². The second-order valence-corrected chi connectivity index (χ2v) is 4.86. The maximum absolute atomic E-state index is 13.3. The number of halogens is 3. The van der Waals surface area contributed by atoms with Gasteiger partial charge in [0.25, 0.3) is 0 Å². The Hall–Kier alpha value is -0.120. The first-order chi connectivity index (χ1) is 7.13. The Morgan fingerprint density at radius 3 is 2.93 bits per heavy atom. The molecule has 1 unspecified atom stereocenters. The van der Waals surface area contributed by atoms with Gasteiger partial charge in [-0.25, -0.2) is 4.39 Å². The van der Waals surface area contributed by atoms with Gasteiger partial charge in [0.1, 0.15) is 5.82 Å². The van der Waals surface area contributed by atoms with Crippen LogP contribution in [0.25, 0.3) is 0 Å². The number of alkyl halides is 1. The van der Waals surface area contributed by atoms with Crippen molar-refractivity contribution in [2.45, 2.75) is 18.2 Å². The van der Waals surface area contributed by atoms with Crippen LogP contribution in [0.15, 0.2) is 22.7 Å². The van der Waals surface area contributed by atoms with Crippen molar-refractivity contribution >= 4 is 27.5 Å². The summed E-state index contributed by atoms with van der Waals surface area (Å²) in [5.74, 6) is -0.181. The molecule has 0 aliphatic heterocycles. The van der Waals surface area contributed by atoms with Crippen molar-refractivity contribution in [3.05, 3.63) is 34.1 Å².